The number of rotatable bonds is 10. The van der Waals surface area contributed by atoms with E-state index in [9.17, 15) is 0 Å². The van der Waals surface area contributed by atoms with E-state index in [1.165, 1.54) is 36.9 Å². The molecular weight excluding hydrogens is 244 g/mol. The van der Waals surface area contributed by atoms with Crippen LogP contribution in [0.1, 0.15) is 58.1 Å². The lowest BCUT2D eigenvalue weighted by atomic mass is 10.1. The molecule has 0 aromatic heterocycles. The number of hydrogen-bond donors (Lipinski definition) is 1. The van der Waals surface area contributed by atoms with Crippen molar-refractivity contribution < 1.29 is 0 Å². The van der Waals surface area contributed by atoms with Crippen LogP contribution >= 0.6 is 0 Å². The summed E-state index contributed by atoms with van der Waals surface area (Å²) >= 11 is 0. The van der Waals surface area contributed by atoms with Crippen LogP contribution in [0.5, 0.6) is 0 Å². The maximum Gasteiger partial charge on any atom is 0.0236 e. The first-order chi connectivity index (χ1) is 9.71. The van der Waals surface area contributed by atoms with Crippen molar-refractivity contribution in [1.29, 1.82) is 0 Å². The first-order valence-corrected chi connectivity index (χ1v) is 8.23. The Morgan fingerprint density at radius 2 is 1.70 bits per heavy atom. The van der Waals surface area contributed by atoms with Gasteiger partial charge in [0.15, 0.2) is 0 Å². The molecule has 0 radical (unpaired) electrons. The molecule has 1 aromatic carbocycles. The third-order valence-corrected chi connectivity index (χ3v) is 4.00. The van der Waals surface area contributed by atoms with Gasteiger partial charge in [-0.05, 0) is 44.0 Å². The molecule has 1 N–H and O–H groups in total. The number of benzene rings is 1. The molecule has 1 rings (SSSR count). The highest BCUT2D eigenvalue weighted by Crippen LogP contribution is 2.13. The quantitative estimate of drug-likeness (QED) is 0.689. The monoisotopic (exact) mass is 276 g/mol. The van der Waals surface area contributed by atoms with E-state index in [0.717, 1.165) is 19.6 Å². The molecule has 0 heterocycles. The largest absolute Gasteiger partial charge is 0.313 e. The minimum Gasteiger partial charge on any atom is -0.313 e. The van der Waals surface area contributed by atoms with Gasteiger partial charge < -0.3 is 5.32 Å². The van der Waals surface area contributed by atoms with Gasteiger partial charge in [-0.15, -0.1) is 0 Å². The van der Waals surface area contributed by atoms with Crippen molar-refractivity contribution in [2.75, 3.05) is 13.1 Å². The van der Waals surface area contributed by atoms with E-state index < -0.39 is 0 Å². The Balaban J connectivity index is 2.58. The van der Waals surface area contributed by atoms with E-state index >= 15 is 0 Å². The molecule has 0 fully saturated rings. The van der Waals surface area contributed by atoms with Gasteiger partial charge >= 0.3 is 0 Å². The predicted octanol–water partition coefficient (Wildman–Crippen LogP) is 4.20. The number of nitrogens with one attached hydrogen (secondary N) is 1. The van der Waals surface area contributed by atoms with Gasteiger partial charge in [-0.1, -0.05) is 51.5 Å². The van der Waals surface area contributed by atoms with Crippen LogP contribution < -0.4 is 5.32 Å². The summed E-state index contributed by atoms with van der Waals surface area (Å²) in [5, 5.41) is 3.37. The zero-order chi connectivity index (χ0) is 14.8. The van der Waals surface area contributed by atoms with Crippen molar-refractivity contribution in [3.05, 3.63) is 35.4 Å². The molecule has 0 amide bonds. The summed E-state index contributed by atoms with van der Waals surface area (Å²) in [6.07, 6.45) is 3.79. The smallest absolute Gasteiger partial charge is 0.0236 e. The molecule has 0 spiro atoms. The average molecular weight is 276 g/mol. The highest BCUT2D eigenvalue weighted by molar-refractivity contribution is 5.22. The fraction of sp³-hybridized carbons (Fsp3) is 0.667. The van der Waals surface area contributed by atoms with E-state index in [-0.39, 0.29) is 0 Å². The van der Waals surface area contributed by atoms with Gasteiger partial charge in [0, 0.05) is 19.1 Å². The van der Waals surface area contributed by atoms with Gasteiger partial charge in [0.2, 0.25) is 0 Å². The van der Waals surface area contributed by atoms with Crippen LogP contribution in [0, 0.1) is 0 Å². The van der Waals surface area contributed by atoms with Crippen LogP contribution in [-0.2, 0) is 13.1 Å². The zero-order valence-electron chi connectivity index (χ0n) is 13.8. The number of nitrogens with zero attached hydrogens (tertiary/aromatic N) is 1. The topological polar surface area (TPSA) is 15.3 Å². The van der Waals surface area contributed by atoms with Crippen molar-refractivity contribution in [1.82, 2.24) is 10.2 Å². The number of unbranched alkanes of at least 4 members (excludes halogenated alkanes) is 1. The van der Waals surface area contributed by atoms with Crippen molar-refractivity contribution in [2.45, 2.75) is 66.1 Å². The molecule has 2 nitrogen and oxygen atoms in total. The Kier molecular flexibility index (Phi) is 8.56. The second-order valence-electron chi connectivity index (χ2n) is 5.68. The third-order valence-electron chi connectivity index (χ3n) is 4.00. The van der Waals surface area contributed by atoms with Crippen molar-refractivity contribution >= 4 is 0 Å². The molecule has 0 aliphatic heterocycles. The van der Waals surface area contributed by atoms with Crippen molar-refractivity contribution in [3.63, 3.8) is 0 Å². The van der Waals surface area contributed by atoms with Gasteiger partial charge in [-0.25, -0.2) is 0 Å². The fourth-order valence-corrected chi connectivity index (χ4v) is 2.34. The molecule has 0 bridgehead atoms. The van der Waals surface area contributed by atoms with E-state index in [2.05, 4.69) is 62.2 Å². The van der Waals surface area contributed by atoms with E-state index in [0.29, 0.717) is 6.04 Å². The van der Waals surface area contributed by atoms with Crippen LogP contribution in [0.25, 0.3) is 0 Å². The van der Waals surface area contributed by atoms with Crippen molar-refractivity contribution in [2.24, 2.45) is 0 Å². The lowest BCUT2D eigenvalue weighted by Crippen LogP contribution is -2.33. The molecule has 20 heavy (non-hydrogen) atoms. The molecular formula is C18H32N2. The molecule has 0 saturated carbocycles. The molecule has 1 unspecified atom stereocenters. The minimum absolute atomic E-state index is 0.669. The highest BCUT2D eigenvalue weighted by Gasteiger charge is 2.11. The van der Waals surface area contributed by atoms with Crippen molar-refractivity contribution in [3.8, 4) is 0 Å². The molecule has 0 aliphatic rings. The van der Waals surface area contributed by atoms with Crippen LogP contribution in [0.3, 0.4) is 0 Å². The van der Waals surface area contributed by atoms with Crippen LogP contribution in [0.4, 0.5) is 0 Å². The molecule has 0 aliphatic carbocycles. The normalized spacial score (nSPS) is 12.8. The second kappa shape index (κ2) is 9.95. The summed E-state index contributed by atoms with van der Waals surface area (Å²) in [6, 6.07) is 9.75. The zero-order valence-corrected chi connectivity index (χ0v) is 13.8. The van der Waals surface area contributed by atoms with Gasteiger partial charge in [-0.3, -0.25) is 4.90 Å². The molecule has 0 saturated heterocycles. The summed E-state index contributed by atoms with van der Waals surface area (Å²) in [7, 11) is 0. The van der Waals surface area contributed by atoms with Gasteiger partial charge in [-0.2, -0.15) is 0 Å². The first kappa shape index (κ1) is 17.2. The van der Waals surface area contributed by atoms with E-state index in [1.807, 2.05) is 0 Å². The Morgan fingerprint density at radius 3 is 2.25 bits per heavy atom. The lowest BCUT2D eigenvalue weighted by Gasteiger charge is -2.28. The first-order valence-electron chi connectivity index (χ1n) is 8.23. The Hall–Kier alpha value is -0.860. The average Bonchev–Trinajstić information content (AvgIpc) is 2.49. The summed E-state index contributed by atoms with van der Waals surface area (Å²) in [4.78, 5) is 2.61. The van der Waals surface area contributed by atoms with Gasteiger partial charge in [0.25, 0.3) is 0 Å². The Morgan fingerprint density at radius 1 is 1.05 bits per heavy atom. The lowest BCUT2D eigenvalue weighted by molar-refractivity contribution is 0.192. The fourth-order valence-electron chi connectivity index (χ4n) is 2.34. The molecule has 2 heteroatoms. The van der Waals surface area contributed by atoms with Gasteiger partial charge in [0.1, 0.15) is 0 Å². The summed E-state index contributed by atoms with van der Waals surface area (Å²) in [5.74, 6) is 0. The van der Waals surface area contributed by atoms with Gasteiger partial charge in [0.05, 0.1) is 0 Å². The summed E-state index contributed by atoms with van der Waals surface area (Å²) in [6.45, 7) is 13.3. The maximum absolute atomic E-state index is 3.37. The summed E-state index contributed by atoms with van der Waals surface area (Å²) in [5.41, 5.74) is 2.81. The minimum atomic E-state index is 0.669. The SMILES string of the molecule is CCCCN(Cc1ccc(CNCC)cc1)C(C)CC. The van der Waals surface area contributed by atoms with E-state index in [4.69, 9.17) is 0 Å². The Bertz CT molecular complexity index is 345. The van der Waals surface area contributed by atoms with E-state index in [1.54, 1.807) is 0 Å². The maximum atomic E-state index is 3.37. The molecule has 1 aromatic rings. The third kappa shape index (κ3) is 6.06. The highest BCUT2D eigenvalue weighted by atomic mass is 15.1. The predicted molar refractivity (Wildman–Crippen MR) is 88.9 cm³/mol. The Labute approximate surface area is 125 Å². The molecule has 114 valence electrons. The standard InChI is InChI=1S/C18H32N2/c1-5-8-13-20(16(4)6-2)15-18-11-9-17(10-12-18)14-19-7-3/h9-12,16,19H,5-8,13-15H2,1-4H3. The summed E-state index contributed by atoms with van der Waals surface area (Å²) < 4.78 is 0. The van der Waals surface area contributed by atoms with Crippen LogP contribution in [0.15, 0.2) is 24.3 Å². The molecule has 1 atom stereocenters. The van der Waals surface area contributed by atoms with Crippen LogP contribution in [-0.4, -0.2) is 24.0 Å². The second-order valence-corrected chi connectivity index (χ2v) is 5.68. The number of hydrogen-bond acceptors (Lipinski definition) is 2. The van der Waals surface area contributed by atoms with Crippen LogP contribution in [0.2, 0.25) is 0 Å².